The first-order valence-electron chi connectivity index (χ1n) is 9.20. The molecule has 0 N–H and O–H groups in total. The summed E-state index contributed by atoms with van der Waals surface area (Å²) >= 11 is 24.9. The number of hydrogen-bond acceptors (Lipinski definition) is 0. The maximum Gasteiger partial charge on any atom is 1.00 e. The second kappa shape index (κ2) is 10.6. The molecule has 0 unspecified atom stereocenters. The zero-order chi connectivity index (χ0) is 20.4. The molecule has 0 aliphatic carbocycles. The number of benzene rings is 4. The molecular formula is C24H17BCl4K-. The molecule has 0 fully saturated rings. The van der Waals surface area contributed by atoms with E-state index < -0.39 is 6.15 Å². The summed E-state index contributed by atoms with van der Waals surface area (Å²) in [4.78, 5) is 0. The van der Waals surface area contributed by atoms with E-state index in [2.05, 4.69) is 48.5 Å². The zero-order valence-electron chi connectivity index (χ0n) is 17.3. The van der Waals surface area contributed by atoms with Crippen LogP contribution in [0.2, 0.25) is 20.1 Å². The van der Waals surface area contributed by atoms with Crippen molar-refractivity contribution in [3.05, 3.63) is 117 Å². The van der Waals surface area contributed by atoms with Crippen LogP contribution in [0, 0.1) is 0 Å². The summed E-state index contributed by atoms with van der Waals surface area (Å²) in [6.07, 6.45) is -1.51. The maximum atomic E-state index is 6.22. The molecule has 0 atom stereocenters. The van der Waals surface area contributed by atoms with Gasteiger partial charge in [0.1, 0.15) is 6.15 Å². The Balaban J connectivity index is 0.00000171. The zero-order valence-corrected chi connectivity index (χ0v) is 22.5. The fourth-order valence-corrected chi connectivity index (χ4v) is 4.66. The van der Waals surface area contributed by atoms with Gasteiger partial charge in [0.05, 0.1) is 0 Å². The van der Waals surface area contributed by atoms with Crippen molar-refractivity contribution >= 4 is 74.4 Å². The summed E-state index contributed by atoms with van der Waals surface area (Å²) < 4.78 is 0. The van der Waals surface area contributed by atoms with E-state index >= 15 is 0 Å². The van der Waals surface area contributed by atoms with Crippen molar-refractivity contribution < 1.29 is 52.8 Å². The van der Waals surface area contributed by atoms with Gasteiger partial charge in [0.2, 0.25) is 0 Å². The maximum absolute atomic E-state index is 6.22. The molecule has 6 heteroatoms. The summed E-state index contributed by atoms with van der Waals surface area (Å²) in [5, 5.41) is 2.78. The first kappa shape index (κ1) is 24.4. The molecule has 0 saturated heterocycles. The van der Waals surface area contributed by atoms with Gasteiger partial charge in [-0.3, -0.25) is 0 Å². The molecule has 30 heavy (non-hydrogen) atoms. The number of hydrogen-bond donors (Lipinski definition) is 0. The second-order valence-electron chi connectivity index (χ2n) is 7.07. The second-order valence-corrected chi connectivity index (χ2v) is 8.82. The Kier molecular flexibility index (Phi) is 8.59. The minimum absolute atomic E-state index is 0. The van der Waals surface area contributed by atoms with Crippen LogP contribution in [0.4, 0.5) is 0 Å². The standard InChI is InChI=1S/C24H16BCl4.K.H/c26-21-9-1-17(2-10-21)25(18-3-11-22(27)12-4-18,19-5-13-23(28)14-6-19)20-7-15-24(29)16-8-20;;/h1-16H;;/q-1;+1;-1. The predicted octanol–water partition coefficient (Wildman–Crippen LogP) is 2.79. The average Bonchev–Trinajstić information content (AvgIpc) is 2.73. The Morgan fingerprint density at radius 1 is 0.367 bits per heavy atom. The van der Waals surface area contributed by atoms with Crippen LogP contribution in [0.1, 0.15) is 1.43 Å². The quantitative estimate of drug-likeness (QED) is 0.381. The van der Waals surface area contributed by atoms with Gasteiger partial charge in [0, 0.05) is 20.1 Å². The van der Waals surface area contributed by atoms with Crippen molar-refractivity contribution in [1.29, 1.82) is 0 Å². The van der Waals surface area contributed by atoms with Gasteiger partial charge in [0.15, 0.2) is 0 Å². The minimum atomic E-state index is -1.51. The normalized spacial score (nSPS) is 11.1. The molecule has 0 radical (unpaired) electrons. The van der Waals surface area contributed by atoms with E-state index in [4.69, 9.17) is 46.4 Å². The number of halogens is 4. The average molecular weight is 497 g/mol. The number of rotatable bonds is 4. The molecule has 4 rings (SSSR count). The molecule has 0 nitrogen and oxygen atoms in total. The van der Waals surface area contributed by atoms with Crippen LogP contribution in [-0.4, -0.2) is 6.15 Å². The van der Waals surface area contributed by atoms with Crippen LogP contribution in [-0.2, 0) is 0 Å². The van der Waals surface area contributed by atoms with E-state index in [1.807, 2.05) is 48.5 Å². The summed E-state index contributed by atoms with van der Waals surface area (Å²) in [6, 6.07) is 32.1. The van der Waals surface area contributed by atoms with Crippen molar-refractivity contribution in [1.82, 2.24) is 0 Å². The first-order valence-corrected chi connectivity index (χ1v) is 10.7. The van der Waals surface area contributed by atoms with Gasteiger partial charge in [-0.05, 0) is 48.5 Å². The Bertz CT molecular complexity index is 929. The van der Waals surface area contributed by atoms with E-state index in [0.717, 1.165) is 21.9 Å². The van der Waals surface area contributed by atoms with E-state index in [1.54, 1.807) is 0 Å². The fraction of sp³-hybridized carbons (Fsp3) is 0. The van der Waals surface area contributed by atoms with E-state index in [-0.39, 0.29) is 52.8 Å². The van der Waals surface area contributed by atoms with Crippen LogP contribution >= 0.6 is 46.4 Å². The van der Waals surface area contributed by atoms with Gasteiger partial charge < -0.3 is 1.43 Å². The van der Waals surface area contributed by atoms with Crippen LogP contribution in [0.15, 0.2) is 97.1 Å². The topological polar surface area (TPSA) is 0 Å². The van der Waals surface area contributed by atoms with E-state index in [0.29, 0.717) is 20.1 Å². The fourth-order valence-electron chi connectivity index (χ4n) is 4.16. The van der Waals surface area contributed by atoms with Crippen molar-refractivity contribution in [2.24, 2.45) is 0 Å². The molecule has 4 aromatic rings. The van der Waals surface area contributed by atoms with Gasteiger partial charge in [-0.25, -0.2) is 0 Å². The molecule has 0 saturated carbocycles. The smallest absolute Gasteiger partial charge is 1.00 e. The van der Waals surface area contributed by atoms with Crippen molar-refractivity contribution in [2.75, 3.05) is 0 Å². The largest absolute Gasteiger partial charge is 1.00 e. The van der Waals surface area contributed by atoms with E-state index in [9.17, 15) is 0 Å². The summed E-state index contributed by atoms with van der Waals surface area (Å²) in [6.45, 7) is 0. The molecule has 4 aromatic carbocycles. The molecule has 0 amide bonds. The van der Waals surface area contributed by atoms with Crippen molar-refractivity contribution in [2.45, 2.75) is 0 Å². The van der Waals surface area contributed by atoms with Crippen LogP contribution < -0.4 is 73.2 Å². The molecule has 0 spiro atoms. The summed E-state index contributed by atoms with van der Waals surface area (Å²) in [5.74, 6) is 0. The molecule has 0 aliphatic rings. The molecule has 0 aliphatic heterocycles. The first-order chi connectivity index (χ1) is 14.0. The van der Waals surface area contributed by atoms with Crippen LogP contribution in [0.25, 0.3) is 0 Å². The van der Waals surface area contributed by atoms with Gasteiger partial charge in [-0.2, -0.15) is 21.9 Å². The van der Waals surface area contributed by atoms with Gasteiger partial charge >= 0.3 is 51.4 Å². The molecule has 0 bridgehead atoms. The molecule has 0 heterocycles. The molecule has 146 valence electrons. The van der Waals surface area contributed by atoms with Crippen LogP contribution in [0.3, 0.4) is 0 Å². The Morgan fingerprint density at radius 3 is 0.700 bits per heavy atom. The third-order valence-electron chi connectivity index (χ3n) is 5.48. The van der Waals surface area contributed by atoms with Crippen molar-refractivity contribution in [3.8, 4) is 0 Å². The SMILES string of the molecule is Clc1ccc([B-](c2ccc(Cl)cc2)(c2ccc(Cl)cc2)c2ccc(Cl)cc2)cc1.[H-].[K+]. The summed E-state index contributed by atoms with van der Waals surface area (Å²) in [7, 11) is 0. The van der Waals surface area contributed by atoms with Crippen LogP contribution in [0.5, 0.6) is 0 Å². The predicted molar refractivity (Wildman–Crippen MR) is 131 cm³/mol. The van der Waals surface area contributed by atoms with Gasteiger partial charge in [-0.1, -0.05) is 94.9 Å². The summed E-state index contributed by atoms with van der Waals surface area (Å²) in [5.41, 5.74) is 4.56. The molecular weight excluding hydrogens is 480 g/mol. The third-order valence-corrected chi connectivity index (χ3v) is 6.49. The molecule has 0 aromatic heterocycles. The monoisotopic (exact) mass is 495 g/mol. The Morgan fingerprint density at radius 2 is 0.533 bits per heavy atom. The Hall–Kier alpha value is -0.259. The van der Waals surface area contributed by atoms with E-state index in [1.165, 1.54) is 0 Å². The van der Waals surface area contributed by atoms with Gasteiger partial charge in [-0.15, -0.1) is 0 Å². The Labute approximate surface area is 241 Å². The third kappa shape index (κ3) is 4.88. The van der Waals surface area contributed by atoms with Gasteiger partial charge in [0.25, 0.3) is 0 Å². The van der Waals surface area contributed by atoms with Crippen molar-refractivity contribution in [3.63, 3.8) is 0 Å². The minimum Gasteiger partial charge on any atom is -1.00 e.